The monoisotopic (exact) mass is 1940 g/mol. The van der Waals surface area contributed by atoms with Crippen LogP contribution in [0.3, 0.4) is 0 Å². The Balaban J connectivity index is 0.00000614. The van der Waals surface area contributed by atoms with Crippen molar-refractivity contribution in [2.75, 3.05) is 74.9 Å². The quantitative estimate of drug-likeness (QED) is 0.00886. The number of halogens is 3. The van der Waals surface area contributed by atoms with Crippen molar-refractivity contribution in [2.24, 2.45) is 62.0 Å². The number of aliphatic carboxylic acids is 2. The van der Waals surface area contributed by atoms with E-state index < -0.39 is 204 Å². The summed E-state index contributed by atoms with van der Waals surface area (Å²) in [5.74, 6) is -17.2. The number of H-pyrrole nitrogens is 2. The van der Waals surface area contributed by atoms with Crippen LogP contribution in [-0.4, -0.2) is 297 Å². The third kappa shape index (κ3) is 41.9. The van der Waals surface area contributed by atoms with E-state index >= 15 is 0 Å². The van der Waals surface area contributed by atoms with Crippen molar-refractivity contribution in [3.05, 3.63) is 72.1 Å². The van der Waals surface area contributed by atoms with Crippen LogP contribution >= 0.6 is 48.8 Å². The predicted octanol–water partition coefficient (Wildman–Crippen LogP) is -3.41. The van der Waals surface area contributed by atoms with E-state index in [0.29, 0.717) is 78.1 Å². The highest BCUT2D eigenvalue weighted by Gasteiger charge is 2.40. The van der Waals surface area contributed by atoms with Crippen LogP contribution in [-0.2, 0) is 84.8 Å². The molecule has 0 aliphatic carbocycles. The third-order valence-corrected chi connectivity index (χ3v) is 22.2. The largest absolute Gasteiger partial charge is 0.490 e. The van der Waals surface area contributed by atoms with Gasteiger partial charge in [0.15, 0.2) is 11.9 Å². The summed E-state index contributed by atoms with van der Waals surface area (Å²) >= 11 is 11.2. The first-order chi connectivity index (χ1) is 62.5. The lowest BCUT2D eigenvalue weighted by Gasteiger charge is -2.28. The van der Waals surface area contributed by atoms with Crippen LogP contribution in [0.25, 0.3) is 21.8 Å². The van der Waals surface area contributed by atoms with Crippen LogP contribution in [0.15, 0.2) is 70.9 Å². The summed E-state index contributed by atoms with van der Waals surface area (Å²) in [6.07, 6.45) is 3.82. The molecule has 14 atom stereocenters. The summed E-state index contributed by atoms with van der Waals surface area (Å²) in [6, 6.07) is -6.30. The number of thioether (sulfide) groups is 2. The van der Waals surface area contributed by atoms with Crippen molar-refractivity contribution < 1.29 is 106 Å². The fourth-order valence-corrected chi connectivity index (χ4v) is 14.6. The van der Waals surface area contributed by atoms with Gasteiger partial charge >= 0.3 is 18.1 Å². The molecule has 0 saturated heterocycles. The Labute approximate surface area is 781 Å². The number of thiol groups is 2. The zero-order valence-electron chi connectivity index (χ0n) is 74.6. The number of amides is 13. The first kappa shape index (κ1) is 115. The number of nitrogens with two attached hydrogens (primary N) is 7. The molecule has 0 aliphatic heterocycles. The Morgan fingerprint density at radius 3 is 1.01 bits per heavy atom. The van der Waals surface area contributed by atoms with E-state index in [2.05, 4.69) is 114 Å². The molecule has 0 saturated carbocycles. The molecule has 0 unspecified atom stereocenters. The number of aliphatic imine (C=N–C) groups is 2. The van der Waals surface area contributed by atoms with Gasteiger partial charge in [-0.15, -0.1) is 0 Å². The van der Waals surface area contributed by atoms with Gasteiger partial charge < -0.3 is 140 Å². The van der Waals surface area contributed by atoms with E-state index in [1.54, 1.807) is 87.3 Å². The van der Waals surface area contributed by atoms with Gasteiger partial charge in [0.1, 0.15) is 78.5 Å². The molecular formula is C82H131F3N24O19S4. The molecule has 2 aromatic carbocycles. The van der Waals surface area contributed by atoms with Crippen molar-refractivity contribution in [2.45, 2.75) is 221 Å². The van der Waals surface area contributed by atoms with E-state index in [-0.39, 0.29) is 119 Å². The van der Waals surface area contributed by atoms with E-state index in [1.165, 1.54) is 23.5 Å². The van der Waals surface area contributed by atoms with E-state index in [9.17, 15) is 95.6 Å². The smallest absolute Gasteiger partial charge is 0.480 e. The Morgan fingerprint density at radius 2 is 0.682 bits per heavy atom. The van der Waals surface area contributed by atoms with Gasteiger partial charge in [-0.25, -0.2) is 9.59 Å². The highest BCUT2D eigenvalue weighted by molar-refractivity contribution is 7.98. The maximum Gasteiger partial charge on any atom is 0.490 e. The Hall–Kier alpha value is -10.9. The molecule has 2 heterocycles. The minimum absolute atomic E-state index is 0.00921. The standard InChI is InChI=1S/C80H130N24O17S4.C2HF3O2/c1-43(2)33-57(97-65(107)49(83)19-11-13-27-81)70(112)93-52(23-15-29-88-79(84)85)66(108)94-55(26-32-125-6)69(111)99-60(36-46-38-91-51-21-10-8-18-48(46)51)73(115)101-62(40-106)75(117)103-64(42-123)77(119)104-63(41-122)76(118)102-61(39-105)74(116)100-59(35-45-37-90-50-20-9-7-17-47(45)50)72(114)95-54(25-31-124-5)68(110)92-53(24-16-30-89-80(86)87)67(109)98-58(34-44(3)4)71(113)96-56(78(120)121)22-12-14-28-82;3-2(4,5)1(6)7/h7-10,17-18,20-21,37-38,43-44,49,52-64,90-91,105-106,122-123H,11-16,19,22-36,39-42,81-83H2,1-6H3,(H,92,110)(H,93,112)(H,94,108)(H,95,114)(H,96,113)(H,97,107)(H,98,109)(H,99,111)(H,100,116)(H,101,115)(H,102,118)(H,103,117)(H,104,119)(H,120,121)(H4,84,85,88)(H4,86,87,89);(H,6,7)/t49-,52-,53-,54-,55-,56-,57-,58-,59-,60-,61-,62-,63-,64-;/m0./s1. The second kappa shape index (κ2) is 61.0. The summed E-state index contributed by atoms with van der Waals surface area (Å²) in [5.41, 5.74) is 42.1. The number of alkyl halides is 3. The minimum Gasteiger partial charge on any atom is -0.480 e. The van der Waals surface area contributed by atoms with Crippen LogP contribution in [0, 0.1) is 11.8 Å². The number of hydrogen-bond donors (Lipinski definition) is 28. The normalized spacial score (nSPS) is 14.5. The number of guanidine groups is 2. The van der Waals surface area contributed by atoms with Crippen LogP contribution in [0.2, 0.25) is 0 Å². The highest BCUT2D eigenvalue weighted by Crippen LogP contribution is 2.23. The molecule has 738 valence electrons. The van der Waals surface area contributed by atoms with Gasteiger partial charge in [-0.1, -0.05) is 70.5 Å². The maximum absolute atomic E-state index is 14.9. The number of carbonyl (C=O) groups is 15. The first-order valence-electron chi connectivity index (χ1n) is 42.8. The molecule has 4 aromatic rings. The molecular weight excluding hydrogens is 1810 g/mol. The number of carboxylic acid groups (broad SMARTS) is 2. The van der Waals surface area contributed by atoms with Gasteiger partial charge in [-0.05, 0) is 156 Å². The summed E-state index contributed by atoms with van der Waals surface area (Å²) in [6.45, 7) is 5.80. The van der Waals surface area contributed by atoms with Crippen molar-refractivity contribution in [3.8, 4) is 0 Å². The second-order valence-electron chi connectivity index (χ2n) is 31.7. The van der Waals surface area contributed by atoms with Crippen molar-refractivity contribution >= 4 is 171 Å². The van der Waals surface area contributed by atoms with Gasteiger partial charge in [0.25, 0.3) is 0 Å². The highest BCUT2D eigenvalue weighted by atomic mass is 32.2. The molecule has 0 spiro atoms. The Bertz CT molecular complexity index is 4470. The minimum atomic E-state index is -5.08. The van der Waals surface area contributed by atoms with Gasteiger partial charge in [0.2, 0.25) is 76.8 Å². The number of hydrogen-bond acceptors (Lipinski definition) is 26. The summed E-state index contributed by atoms with van der Waals surface area (Å²) in [7, 11) is 0. The number of aliphatic hydroxyl groups excluding tert-OH is 2. The van der Waals surface area contributed by atoms with Crippen molar-refractivity contribution in [3.63, 3.8) is 0 Å². The number of rotatable bonds is 61. The molecule has 0 bridgehead atoms. The molecule has 0 radical (unpaired) electrons. The van der Waals surface area contributed by atoms with Crippen molar-refractivity contribution in [1.82, 2.24) is 79.1 Å². The molecule has 33 N–H and O–H groups in total. The van der Waals surface area contributed by atoms with Crippen LogP contribution < -0.4 is 109 Å². The average Bonchev–Trinajstić information content (AvgIpc) is 1.68. The zero-order valence-corrected chi connectivity index (χ0v) is 78.0. The second-order valence-corrected chi connectivity index (χ2v) is 34.4. The SMILES string of the molecule is CSCC[C@H](NC(=O)[C@H](Cc1c[nH]c2ccccc12)NC(=O)[C@H](CO)NC(=O)[C@H](CS)NC(=O)[C@H](CS)NC(=O)[C@H](CO)NC(=O)[C@H](Cc1c[nH]c2ccccc12)NC(=O)[C@H](CCSC)NC(=O)[C@H](CCCN=C(N)N)NC(=O)[C@H](CC(C)C)NC(=O)[C@@H](N)CCCCN)C(=O)N[C@@H](CCCN=C(N)N)C(=O)N[C@@H](CC(C)C)C(=O)N[C@@H](CCCCN)C(=O)O.O=C(O)C(F)(F)F. The zero-order chi connectivity index (χ0) is 98.9. The Morgan fingerprint density at radius 1 is 0.402 bits per heavy atom. The molecule has 4 rings (SSSR count). The van der Waals surface area contributed by atoms with E-state index in [4.69, 9.17) is 50.0 Å². The number of benzene rings is 2. The third-order valence-electron chi connectivity index (χ3n) is 20.2. The number of aromatic amines is 2. The molecule has 50 heteroatoms. The molecule has 2 aromatic heterocycles. The Kier molecular flexibility index (Phi) is 53.3. The van der Waals surface area contributed by atoms with E-state index in [1.807, 2.05) is 13.8 Å². The van der Waals surface area contributed by atoms with E-state index in [0.717, 1.165) is 0 Å². The number of aliphatic hydroxyl groups is 2. The maximum atomic E-state index is 14.9. The summed E-state index contributed by atoms with van der Waals surface area (Å²) < 4.78 is 31.7. The first-order valence-corrected chi connectivity index (χ1v) is 46.8. The lowest BCUT2D eigenvalue weighted by Crippen LogP contribution is -2.62. The number of carbonyl (C=O) groups excluding carboxylic acids is 13. The number of fused-ring (bicyclic) bond motifs is 2. The molecule has 0 aliphatic rings. The molecule has 43 nitrogen and oxygen atoms in total. The number of nitrogens with one attached hydrogen (secondary N) is 15. The molecule has 0 fully saturated rings. The lowest BCUT2D eigenvalue weighted by molar-refractivity contribution is -0.192. The van der Waals surface area contributed by atoms with Gasteiger partial charge in [0, 0.05) is 71.6 Å². The van der Waals surface area contributed by atoms with Crippen LogP contribution in [0.5, 0.6) is 0 Å². The average molecular weight is 1940 g/mol. The summed E-state index contributed by atoms with van der Waals surface area (Å²) in [4.78, 5) is 222. The fourth-order valence-electron chi connectivity index (χ4n) is 13.1. The number of carboxylic acids is 2. The number of unbranched alkanes of at least 4 members (excludes halogenated alkanes) is 2. The number of aromatic nitrogens is 2. The van der Waals surface area contributed by atoms with Gasteiger partial charge in [0.05, 0.1) is 19.3 Å². The van der Waals surface area contributed by atoms with Gasteiger partial charge in [-0.2, -0.15) is 62.0 Å². The predicted molar refractivity (Wildman–Crippen MR) is 501 cm³/mol. The fraction of sp³-hybridized carbons (Fsp3) is 0.598. The van der Waals surface area contributed by atoms with Crippen LogP contribution in [0.4, 0.5) is 13.2 Å². The number of para-hydroxylation sites is 2. The van der Waals surface area contributed by atoms with Crippen molar-refractivity contribution in [1.29, 1.82) is 0 Å². The van der Waals surface area contributed by atoms with Crippen LogP contribution in [0.1, 0.15) is 129 Å². The number of nitrogens with zero attached hydrogens (tertiary/aromatic N) is 2. The summed E-state index contributed by atoms with van der Waals surface area (Å²) in [5, 5.41) is 73.6. The lowest BCUT2D eigenvalue weighted by atomic mass is 10.0. The topological polar surface area (TPSA) is 732 Å². The molecule has 13 amide bonds. The molecule has 132 heavy (non-hydrogen) atoms. The van der Waals surface area contributed by atoms with Gasteiger partial charge in [-0.3, -0.25) is 72.3 Å².